The van der Waals surface area contributed by atoms with Crippen molar-refractivity contribution in [2.24, 2.45) is 0 Å². The van der Waals surface area contributed by atoms with Crippen molar-refractivity contribution in [3.63, 3.8) is 0 Å². The van der Waals surface area contributed by atoms with Crippen molar-refractivity contribution < 1.29 is 0 Å². The Morgan fingerprint density at radius 2 is 1.86 bits per heavy atom. The van der Waals surface area contributed by atoms with Gasteiger partial charge in [-0.05, 0) is 48.2 Å². The highest BCUT2D eigenvalue weighted by Gasteiger charge is 2.18. The summed E-state index contributed by atoms with van der Waals surface area (Å²) in [5, 5.41) is 5.71. The zero-order chi connectivity index (χ0) is 19.7. The third-order valence-electron chi connectivity index (χ3n) is 5.03. The van der Waals surface area contributed by atoms with Gasteiger partial charge in [-0.15, -0.1) is 0 Å². The molecule has 4 nitrogen and oxygen atoms in total. The number of benzene rings is 1. The van der Waals surface area contributed by atoms with E-state index in [1.807, 2.05) is 37.5 Å². The number of nitrogens with one attached hydrogen (secondary N) is 1. The summed E-state index contributed by atoms with van der Waals surface area (Å²) in [5.74, 6) is 1.77. The van der Waals surface area contributed by atoms with Crippen LogP contribution < -0.4 is 5.32 Å². The first-order valence-electron chi connectivity index (χ1n) is 9.70. The van der Waals surface area contributed by atoms with Crippen molar-refractivity contribution >= 4 is 27.6 Å². The van der Waals surface area contributed by atoms with E-state index in [9.17, 15) is 0 Å². The van der Waals surface area contributed by atoms with Gasteiger partial charge in [0.15, 0.2) is 0 Å². The van der Waals surface area contributed by atoms with Crippen LogP contribution >= 0.6 is 0 Å². The summed E-state index contributed by atoms with van der Waals surface area (Å²) in [4.78, 5) is 9.23. The average molecular weight is 371 g/mol. The zero-order valence-electron chi connectivity index (χ0n) is 16.9. The minimum atomic E-state index is 0.0969. The van der Waals surface area contributed by atoms with Gasteiger partial charge in [0.05, 0.1) is 11.0 Å². The Bertz CT molecular complexity index is 1160. The van der Waals surface area contributed by atoms with E-state index < -0.39 is 0 Å². The van der Waals surface area contributed by atoms with Gasteiger partial charge in [-0.2, -0.15) is 0 Å². The summed E-state index contributed by atoms with van der Waals surface area (Å²) in [5.41, 5.74) is 3.68. The maximum Gasteiger partial charge on any atom is 0.140 e. The van der Waals surface area contributed by atoms with Crippen molar-refractivity contribution in [2.45, 2.75) is 33.1 Å². The molecule has 0 bridgehead atoms. The lowest BCUT2D eigenvalue weighted by atomic mass is 9.86. The molecule has 142 valence electrons. The number of hydrogen-bond acceptors (Lipinski definition) is 3. The second-order valence-corrected chi connectivity index (χ2v) is 8.04. The lowest BCUT2D eigenvalue weighted by molar-refractivity contribution is 0.591. The fourth-order valence-electron chi connectivity index (χ4n) is 3.51. The number of hydrogen-bond donors (Lipinski definition) is 1. The van der Waals surface area contributed by atoms with Gasteiger partial charge in [-0.3, -0.25) is 9.55 Å². The maximum atomic E-state index is 4.86. The molecule has 0 aliphatic carbocycles. The lowest BCUT2D eigenvalue weighted by Crippen LogP contribution is -2.10. The molecule has 0 fully saturated rings. The van der Waals surface area contributed by atoms with Gasteiger partial charge in [-0.25, -0.2) is 4.98 Å². The number of nitrogens with zero attached hydrogens (tertiary/aromatic N) is 3. The molecule has 0 aliphatic heterocycles. The summed E-state index contributed by atoms with van der Waals surface area (Å²) in [7, 11) is 0. The van der Waals surface area contributed by atoms with Gasteiger partial charge in [0, 0.05) is 29.7 Å². The summed E-state index contributed by atoms with van der Waals surface area (Å²) in [6.45, 7) is 9.51. The largest absolute Gasteiger partial charge is 0.367 e. The predicted octanol–water partition coefficient (Wildman–Crippen LogP) is 5.86. The Labute approximate surface area is 165 Å². The van der Waals surface area contributed by atoms with E-state index >= 15 is 0 Å². The Morgan fingerprint density at radius 3 is 2.64 bits per heavy atom. The highest BCUT2D eigenvalue weighted by atomic mass is 15.1. The van der Waals surface area contributed by atoms with Crippen molar-refractivity contribution in [3.8, 4) is 5.82 Å². The molecule has 0 spiro atoms. The molecule has 3 aromatic heterocycles. The second kappa shape index (κ2) is 7.12. The van der Waals surface area contributed by atoms with Gasteiger partial charge >= 0.3 is 0 Å². The van der Waals surface area contributed by atoms with E-state index in [0.717, 1.165) is 34.6 Å². The molecule has 0 atom stereocenters. The van der Waals surface area contributed by atoms with E-state index in [-0.39, 0.29) is 5.41 Å². The molecule has 4 rings (SSSR count). The molecule has 3 heterocycles. The van der Waals surface area contributed by atoms with Crippen LogP contribution in [0, 0.1) is 0 Å². The Kier molecular flexibility index (Phi) is 4.63. The van der Waals surface area contributed by atoms with Crippen LogP contribution in [-0.4, -0.2) is 21.1 Å². The average Bonchev–Trinajstić information content (AvgIpc) is 3.01. The predicted molar refractivity (Wildman–Crippen MR) is 118 cm³/mol. The molecule has 28 heavy (non-hydrogen) atoms. The fraction of sp³-hybridized carbons (Fsp3) is 0.250. The topological polar surface area (TPSA) is 42.7 Å². The highest BCUT2D eigenvalue weighted by Crippen LogP contribution is 2.34. The Morgan fingerprint density at radius 1 is 1.04 bits per heavy atom. The van der Waals surface area contributed by atoms with E-state index in [2.05, 4.69) is 72.0 Å². The molecular formula is C24H26N4. The van der Waals surface area contributed by atoms with Crippen LogP contribution in [0.1, 0.15) is 33.3 Å². The minimum Gasteiger partial charge on any atom is -0.367 e. The molecule has 4 heteroatoms. The van der Waals surface area contributed by atoms with E-state index in [0.29, 0.717) is 0 Å². The summed E-state index contributed by atoms with van der Waals surface area (Å²) < 4.78 is 2.22. The Balaban J connectivity index is 1.92. The first kappa shape index (κ1) is 18.2. The quantitative estimate of drug-likeness (QED) is 0.458. The Hall–Kier alpha value is -3.14. The number of pyridine rings is 2. The number of anilines is 1. The molecule has 0 unspecified atom stereocenters. The molecule has 1 N–H and O–H groups in total. The molecule has 0 saturated heterocycles. The summed E-state index contributed by atoms with van der Waals surface area (Å²) in [6.07, 6.45) is 7.91. The van der Waals surface area contributed by atoms with E-state index in [1.165, 1.54) is 10.9 Å². The van der Waals surface area contributed by atoms with Crippen molar-refractivity contribution in [2.75, 3.05) is 11.9 Å². The van der Waals surface area contributed by atoms with Gasteiger partial charge in [0.25, 0.3) is 0 Å². The van der Waals surface area contributed by atoms with Gasteiger partial charge in [0.2, 0.25) is 0 Å². The van der Waals surface area contributed by atoms with Crippen molar-refractivity contribution in [1.82, 2.24) is 14.5 Å². The van der Waals surface area contributed by atoms with Crippen LogP contribution in [0.5, 0.6) is 0 Å². The van der Waals surface area contributed by atoms with Crippen molar-refractivity contribution in [1.29, 1.82) is 0 Å². The van der Waals surface area contributed by atoms with Crippen LogP contribution in [0.2, 0.25) is 0 Å². The molecule has 0 amide bonds. The van der Waals surface area contributed by atoms with Crippen molar-refractivity contribution in [3.05, 3.63) is 72.6 Å². The first-order chi connectivity index (χ1) is 13.5. The first-order valence-corrected chi connectivity index (χ1v) is 9.70. The van der Waals surface area contributed by atoms with E-state index in [1.54, 1.807) is 0 Å². The highest BCUT2D eigenvalue weighted by molar-refractivity contribution is 6.09. The third-order valence-corrected chi connectivity index (χ3v) is 5.03. The fourth-order valence-corrected chi connectivity index (χ4v) is 3.51. The van der Waals surface area contributed by atoms with Crippen LogP contribution in [0.25, 0.3) is 27.6 Å². The second-order valence-electron chi connectivity index (χ2n) is 8.04. The third kappa shape index (κ3) is 3.26. The zero-order valence-corrected chi connectivity index (χ0v) is 16.9. The summed E-state index contributed by atoms with van der Waals surface area (Å²) in [6, 6.07) is 14.9. The summed E-state index contributed by atoms with van der Waals surface area (Å²) >= 11 is 0. The molecule has 0 radical (unpaired) electrons. The monoisotopic (exact) mass is 370 g/mol. The van der Waals surface area contributed by atoms with Gasteiger partial charge in [-0.1, -0.05) is 45.1 Å². The number of allylic oxidation sites excluding steroid dienone is 1. The van der Waals surface area contributed by atoms with Crippen LogP contribution in [0.15, 0.2) is 67.0 Å². The number of fused-ring (bicyclic) bond motifs is 3. The van der Waals surface area contributed by atoms with Crippen LogP contribution in [0.3, 0.4) is 0 Å². The van der Waals surface area contributed by atoms with E-state index in [4.69, 9.17) is 4.98 Å². The molecule has 4 aromatic rings. The number of aromatic nitrogens is 3. The van der Waals surface area contributed by atoms with Gasteiger partial charge < -0.3 is 5.32 Å². The standard InChI is InChI=1S/C24H26N4/c1-5-6-13-26-22-8-7-9-23(27-22)28-20-11-10-17(24(2,3)4)15-18(20)19-16-25-14-12-21(19)28/h5-12,14-16H,13H2,1-4H3,(H,26,27)/b6-5-. The smallest absolute Gasteiger partial charge is 0.140 e. The molecular weight excluding hydrogens is 344 g/mol. The number of rotatable bonds is 4. The van der Waals surface area contributed by atoms with Crippen LogP contribution in [0.4, 0.5) is 5.82 Å². The molecule has 0 saturated carbocycles. The molecule has 0 aliphatic rings. The minimum absolute atomic E-state index is 0.0969. The lowest BCUT2D eigenvalue weighted by Gasteiger charge is -2.19. The SMILES string of the molecule is C/C=C\CNc1cccc(-n2c3ccncc3c3cc(C(C)(C)C)ccc32)n1. The van der Waals surface area contributed by atoms with Crippen LogP contribution in [-0.2, 0) is 5.41 Å². The maximum absolute atomic E-state index is 4.86. The molecule has 1 aromatic carbocycles. The normalized spacial score (nSPS) is 12.3. The van der Waals surface area contributed by atoms with Gasteiger partial charge in [0.1, 0.15) is 11.6 Å².